The first kappa shape index (κ1) is 21.8. The van der Waals surface area contributed by atoms with Gasteiger partial charge in [-0.3, -0.25) is 4.79 Å². The van der Waals surface area contributed by atoms with Gasteiger partial charge in [0.2, 0.25) is 0 Å². The number of hydrogen-bond acceptors (Lipinski definition) is 7. The number of carbonyl (C=O) groups is 1. The fourth-order valence-electron chi connectivity index (χ4n) is 5.16. The van der Waals surface area contributed by atoms with Crippen molar-refractivity contribution in [3.8, 4) is 0 Å². The first-order valence-electron chi connectivity index (χ1n) is 12.8. The fraction of sp³-hybridized carbons (Fsp3) is 0.593. The summed E-state index contributed by atoms with van der Waals surface area (Å²) < 4.78 is 17.7. The van der Waals surface area contributed by atoms with Crippen LogP contribution in [-0.2, 0) is 9.53 Å². The lowest BCUT2D eigenvalue weighted by atomic mass is 9.91. The largest absolute Gasteiger partial charge is 0.372 e. The lowest BCUT2D eigenvalue weighted by molar-refractivity contribution is -0.118. The van der Waals surface area contributed by atoms with Crippen LogP contribution in [0.15, 0.2) is 21.2 Å². The fourth-order valence-corrected chi connectivity index (χ4v) is 5.16. The van der Waals surface area contributed by atoms with Gasteiger partial charge in [0.05, 0.1) is 24.0 Å². The monoisotopic (exact) mass is 463 g/mol. The van der Waals surface area contributed by atoms with Gasteiger partial charge in [-0.05, 0) is 55.6 Å². The molecule has 1 unspecified atom stereocenters. The third-order valence-corrected chi connectivity index (χ3v) is 7.36. The maximum absolute atomic E-state index is 11.8. The van der Waals surface area contributed by atoms with Gasteiger partial charge in [0, 0.05) is 36.8 Å². The van der Waals surface area contributed by atoms with E-state index in [4.69, 9.17) is 13.8 Å². The first-order valence-corrected chi connectivity index (χ1v) is 12.8. The average Bonchev–Trinajstić information content (AvgIpc) is 3.78. The van der Waals surface area contributed by atoms with E-state index in [0.717, 1.165) is 54.3 Å². The van der Waals surface area contributed by atoms with Gasteiger partial charge in [-0.25, -0.2) is 0 Å². The Kier molecular flexibility index (Phi) is 5.68. The van der Waals surface area contributed by atoms with Gasteiger partial charge in [-0.1, -0.05) is 36.3 Å². The van der Waals surface area contributed by atoms with E-state index >= 15 is 0 Å². The van der Waals surface area contributed by atoms with Crippen LogP contribution in [0.2, 0.25) is 0 Å². The van der Waals surface area contributed by atoms with Crippen LogP contribution in [0.25, 0.3) is 11.1 Å². The number of ketones is 1. The lowest BCUT2D eigenvalue weighted by Crippen LogP contribution is -2.26. The highest BCUT2D eigenvalue weighted by Gasteiger charge is 2.36. The second-order valence-corrected chi connectivity index (χ2v) is 10.5. The number of ether oxygens (including phenoxy) is 1. The van der Waals surface area contributed by atoms with Crippen LogP contribution in [0.3, 0.4) is 0 Å². The minimum atomic E-state index is -0.0680. The molecule has 4 aliphatic rings. The molecule has 2 saturated carbocycles. The van der Waals surface area contributed by atoms with Crippen molar-refractivity contribution >= 4 is 22.7 Å². The molecule has 2 fully saturated rings. The molecule has 0 amide bonds. The molecule has 0 bridgehead atoms. The van der Waals surface area contributed by atoms with E-state index < -0.39 is 0 Å². The van der Waals surface area contributed by atoms with Crippen LogP contribution in [0.1, 0.15) is 111 Å². The van der Waals surface area contributed by atoms with E-state index in [1.54, 1.807) is 0 Å². The molecule has 1 atom stereocenters. The van der Waals surface area contributed by atoms with Gasteiger partial charge in [-0.2, -0.15) is 0 Å². The zero-order valence-corrected chi connectivity index (χ0v) is 20.1. The Morgan fingerprint density at radius 3 is 2.38 bits per heavy atom. The van der Waals surface area contributed by atoms with E-state index in [-0.39, 0.29) is 6.10 Å². The molecular weight excluding hydrogens is 430 g/mol. The van der Waals surface area contributed by atoms with Crippen molar-refractivity contribution < 1.29 is 18.6 Å². The second kappa shape index (κ2) is 8.84. The average molecular weight is 464 g/mol. The zero-order chi connectivity index (χ0) is 23.2. The van der Waals surface area contributed by atoms with Crippen molar-refractivity contribution in [2.45, 2.75) is 89.1 Å². The number of anilines is 1. The normalized spacial score (nSPS) is 23.3. The van der Waals surface area contributed by atoms with E-state index in [0.29, 0.717) is 49.5 Å². The van der Waals surface area contributed by atoms with Crippen LogP contribution in [0.5, 0.6) is 0 Å². The summed E-state index contributed by atoms with van der Waals surface area (Å²) in [7, 11) is 0. The molecule has 0 aromatic carbocycles. The molecule has 7 heteroatoms. The minimum Gasteiger partial charge on any atom is -0.372 e. The number of allylic oxidation sites excluding steroid dienone is 2. The second-order valence-electron chi connectivity index (χ2n) is 10.5. The van der Waals surface area contributed by atoms with Gasteiger partial charge < -0.3 is 19.1 Å². The van der Waals surface area contributed by atoms with Crippen molar-refractivity contribution in [2.24, 2.45) is 0 Å². The molecule has 0 saturated heterocycles. The molecule has 3 aliphatic carbocycles. The number of hydrogen-bond donors (Lipinski definition) is 1. The number of Topliss-reactive ketones (excluding diaryl/α,β-unsaturated/α-hetero) is 1. The highest BCUT2D eigenvalue weighted by molar-refractivity contribution is 5.89. The molecule has 1 aliphatic heterocycles. The third-order valence-electron chi connectivity index (χ3n) is 7.36. The standard InChI is InChI=1S/C27H33N3O4/c1-15(2)24-22(25(33-29-24)17-3-4-17)19-11-12-32-21(13-19)14-28-27-23(16-7-9-20(31)10-8-16)26(34-30-27)18-5-6-18/h7,13,15,17-18,21H,3-6,8-12,14H2,1-2H3,(H,28,30). The first-order chi connectivity index (χ1) is 16.6. The number of rotatable bonds is 8. The molecule has 6 rings (SSSR count). The van der Waals surface area contributed by atoms with Crippen LogP contribution in [-0.4, -0.2) is 35.4 Å². The highest BCUT2D eigenvalue weighted by atomic mass is 16.5. The van der Waals surface area contributed by atoms with E-state index in [9.17, 15) is 4.79 Å². The van der Waals surface area contributed by atoms with Crippen LogP contribution in [0.4, 0.5) is 5.82 Å². The van der Waals surface area contributed by atoms with Crippen molar-refractivity contribution in [3.63, 3.8) is 0 Å². The van der Waals surface area contributed by atoms with Crippen LogP contribution in [0, 0.1) is 0 Å². The minimum absolute atomic E-state index is 0.0680. The zero-order valence-electron chi connectivity index (χ0n) is 20.1. The van der Waals surface area contributed by atoms with E-state index in [1.165, 1.54) is 29.6 Å². The smallest absolute Gasteiger partial charge is 0.177 e. The molecule has 1 N–H and O–H groups in total. The summed E-state index contributed by atoms with van der Waals surface area (Å²) in [6.07, 6.45) is 11.6. The topological polar surface area (TPSA) is 90.4 Å². The van der Waals surface area contributed by atoms with Crippen LogP contribution >= 0.6 is 0 Å². The Labute approximate surface area is 200 Å². The summed E-state index contributed by atoms with van der Waals surface area (Å²) in [4.78, 5) is 11.8. The van der Waals surface area contributed by atoms with Crippen LogP contribution < -0.4 is 5.32 Å². The van der Waals surface area contributed by atoms with Gasteiger partial charge in [0.15, 0.2) is 5.82 Å². The molecule has 0 radical (unpaired) electrons. The van der Waals surface area contributed by atoms with Gasteiger partial charge in [0.1, 0.15) is 17.3 Å². The Balaban J connectivity index is 1.23. The predicted molar refractivity (Wildman–Crippen MR) is 129 cm³/mol. The molecule has 3 heterocycles. The van der Waals surface area contributed by atoms with Crippen molar-refractivity contribution in [3.05, 3.63) is 40.5 Å². The number of nitrogens with zero attached hydrogens (tertiary/aromatic N) is 2. The molecule has 2 aromatic rings. The molecule has 2 aromatic heterocycles. The molecule has 7 nitrogen and oxygen atoms in total. The third kappa shape index (κ3) is 4.26. The maximum atomic E-state index is 11.8. The molecule has 34 heavy (non-hydrogen) atoms. The van der Waals surface area contributed by atoms with Crippen molar-refractivity contribution in [1.82, 2.24) is 10.3 Å². The Morgan fingerprint density at radius 1 is 0.971 bits per heavy atom. The summed E-state index contributed by atoms with van der Waals surface area (Å²) in [5.41, 5.74) is 5.84. The van der Waals surface area contributed by atoms with Gasteiger partial charge >= 0.3 is 0 Å². The van der Waals surface area contributed by atoms with Gasteiger partial charge in [-0.15, -0.1) is 0 Å². The van der Waals surface area contributed by atoms with Crippen molar-refractivity contribution in [1.29, 1.82) is 0 Å². The summed E-state index contributed by atoms with van der Waals surface area (Å²) >= 11 is 0. The van der Waals surface area contributed by atoms with Gasteiger partial charge in [0.25, 0.3) is 0 Å². The quantitative estimate of drug-likeness (QED) is 0.516. The number of nitrogens with one attached hydrogen (secondary N) is 1. The Bertz CT molecular complexity index is 1130. The van der Waals surface area contributed by atoms with E-state index in [1.807, 2.05) is 0 Å². The lowest BCUT2D eigenvalue weighted by Gasteiger charge is -2.23. The summed E-state index contributed by atoms with van der Waals surface area (Å²) in [6.45, 7) is 5.64. The summed E-state index contributed by atoms with van der Waals surface area (Å²) in [6, 6.07) is 0. The molecule has 180 valence electrons. The summed E-state index contributed by atoms with van der Waals surface area (Å²) in [5, 5.41) is 12.3. The Hall–Kier alpha value is -2.67. The highest BCUT2D eigenvalue weighted by Crippen LogP contribution is 2.47. The predicted octanol–water partition coefficient (Wildman–Crippen LogP) is 5.96. The summed E-state index contributed by atoms with van der Waals surface area (Å²) in [5.74, 6) is 4.41. The maximum Gasteiger partial charge on any atom is 0.177 e. The molecular formula is C27H33N3O4. The number of carbonyl (C=O) groups excluding carboxylic acids is 1. The van der Waals surface area contributed by atoms with E-state index in [2.05, 4.69) is 41.6 Å². The SMILES string of the molecule is CC(C)c1noc(C2CC2)c1C1=CC(CNc2noc(C3CC3)c2C2=CCC(=O)CC2)OCC1. The Morgan fingerprint density at radius 2 is 1.71 bits per heavy atom. The molecule has 0 spiro atoms. The number of aromatic nitrogens is 2. The van der Waals surface area contributed by atoms with Crippen molar-refractivity contribution in [2.75, 3.05) is 18.5 Å².